The monoisotopic (exact) mass is 755 g/mol. The Morgan fingerprint density at radius 3 is 1.28 bits per heavy atom. The first-order valence-electron chi connectivity index (χ1n) is 22.5. The molecule has 0 unspecified atom stereocenters. The molecule has 0 spiro atoms. The van der Waals surface area contributed by atoms with Crippen molar-refractivity contribution in [1.82, 2.24) is 0 Å². The molecule has 0 heterocycles. The van der Waals surface area contributed by atoms with Gasteiger partial charge in [-0.15, -0.1) is 0 Å². The molecule has 0 aliphatic heterocycles. The number of hydrogen-bond donors (Lipinski definition) is 0. The summed E-state index contributed by atoms with van der Waals surface area (Å²) in [5, 5.41) is 0. The number of esters is 3. The van der Waals surface area contributed by atoms with Gasteiger partial charge in [0.25, 0.3) is 0 Å². The highest BCUT2D eigenvalue weighted by Crippen LogP contribution is 2.37. The zero-order valence-corrected chi connectivity index (χ0v) is 35.3. The summed E-state index contributed by atoms with van der Waals surface area (Å²) in [6.45, 7) is 6.71. The van der Waals surface area contributed by atoms with Crippen molar-refractivity contribution in [3.05, 3.63) is 48.6 Å². The highest BCUT2D eigenvalue weighted by Gasteiger charge is 2.36. The van der Waals surface area contributed by atoms with Gasteiger partial charge in [-0.05, 0) is 96.8 Å². The molecule has 0 aromatic heterocycles. The standard InChI is InChI=1S/C48H82O6/c1-4-6-8-10-12-14-16-18-20-22-24-26-28-30-33-37-45(49)52-41-44(43-54-47(51)48(3)39-35-32-36-40-48)42-53-46(50)38-34-31-29-27-25-23-21-19-17-15-13-11-9-7-5-2/h12-15,18-21,44H,4-11,16-17,22-43H2,1-3H3/b14-12-,15-13-,20-18-,21-19-. The highest BCUT2D eigenvalue weighted by molar-refractivity contribution is 5.76. The lowest BCUT2D eigenvalue weighted by molar-refractivity contribution is -0.161. The quantitative estimate of drug-likeness (QED) is 0.0277. The highest BCUT2D eigenvalue weighted by atomic mass is 16.6. The van der Waals surface area contributed by atoms with Crippen molar-refractivity contribution in [3.8, 4) is 0 Å². The molecule has 310 valence electrons. The summed E-state index contributed by atoms with van der Waals surface area (Å²) in [5.74, 6) is -1.05. The number of ether oxygens (including phenoxy) is 3. The summed E-state index contributed by atoms with van der Waals surface area (Å²) in [5.41, 5.74) is -0.460. The molecule has 0 bridgehead atoms. The lowest BCUT2D eigenvalue weighted by atomic mass is 9.76. The van der Waals surface area contributed by atoms with Gasteiger partial charge < -0.3 is 14.2 Å². The van der Waals surface area contributed by atoms with Crippen LogP contribution in [0.5, 0.6) is 0 Å². The van der Waals surface area contributed by atoms with Crippen LogP contribution in [0, 0.1) is 11.3 Å². The predicted octanol–water partition coefficient (Wildman–Crippen LogP) is 13.8. The smallest absolute Gasteiger partial charge is 0.311 e. The Labute approximate surface area is 332 Å². The van der Waals surface area contributed by atoms with Crippen LogP contribution in [0.4, 0.5) is 0 Å². The van der Waals surface area contributed by atoms with Crippen LogP contribution in [0.1, 0.15) is 207 Å². The van der Waals surface area contributed by atoms with Crippen LogP contribution in [0.3, 0.4) is 0 Å². The van der Waals surface area contributed by atoms with E-state index >= 15 is 0 Å². The summed E-state index contributed by atoms with van der Waals surface area (Å²) in [7, 11) is 0. The number of carbonyl (C=O) groups excluding carboxylic acids is 3. The second-order valence-corrected chi connectivity index (χ2v) is 15.9. The van der Waals surface area contributed by atoms with Crippen LogP contribution >= 0.6 is 0 Å². The van der Waals surface area contributed by atoms with E-state index in [0.29, 0.717) is 12.8 Å². The third-order valence-corrected chi connectivity index (χ3v) is 10.5. The first kappa shape index (κ1) is 49.4. The van der Waals surface area contributed by atoms with Crippen LogP contribution in [0.15, 0.2) is 48.6 Å². The average Bonchev–Trinajstić information content (AvgIpc) is 3.17. The minimum absolute atomic E-state index is 0.0834. The number of unbranched alkanes of at least 4 members (excludes halogenated alkanes) is 16. The number of carbonyl (C=O) groups is 3. The normalized spacial score (nSPS) is 14.6. The summed E-state index contributed by atoms with van der Waals surface area (Å²) in [6.07, 6.45) is 48.8. The lowest BCUT2D eigenvalue weighted by Crippen LogP contribution is -2.34. The average molecular weight is 755 g/mol. The van der Waals surface area contributed by atoms with E-state index in [1.807, 2.05) is 6.92 Å². The second kappa shape index (κ2) is 36.0. The van der Waals surface area contributed by atoms with Crippen molar-refractivity contribution < 1.29 is 28.6 Å². The third-order valence-electron chi connectivity index (χ3n) is 10.5. The van der Waals surface area contributed by atoms with Crippen LogP contribution in [-0.4, -0.2) is 37.7 Å². The van der Waals surface area contributed by atoms with Crippen molar-refractivity contribution in [2.24, 2.45) is 11.3 Å². The van der Waals surface area contributed by atoms with E-state index < -0.39 is 5.41 Å². The molecule has 6 heteroatoms. The summed E-state index contributed by atoms with van der Waals surface area (Å²) in [4.78, 5) is 38.1. The lowest BCUT2D eigenvalue weighted by Gasteiger charge is -2.31. The van der Waals surface area contributed by atoms with Crippen LogP contribution in [-0.2, 0) is 28.6 Å². The first-order chi connectivity index (χ1) is 26.4. The van der Waals surface area contributed by atoms with E-state index in [1.165, 1.54) is 77.0 Å². The predicted molar refractivity (Wildman–Crippen MR) is 226 cm³/mol. The molecule has 6 nitrogen and oxygen atoms in total. The molecule has 0 N–H and O–H groups in total. The van der Waals surface area contributed by atoms with Gasteiger partial charge in [0.05, 0.1) is 11.3 Å². The number of rotatable bonds is 35. The summed E-state index contributed by atoms with van der Waals surface area (Å²) in [6, 6.07) is 0. The van der Waals surface area contributed by atoms with E-state index in [2.05, 4.69) is 62.5 Å². The van der Waals surface area contributed by atoms with E-state index in [0.717, 1.165) is 96.3 Å². The van der Waals surface area contributed by atoms with Crippen molar-refractivity contribution in [3.63, 3.8) is 0 Å². The maximum Gasteiger partial charge on any atom is 0.311 e. The molecular formula is C48H82O6. The molecule has 1 aliphatic carbocycles. The molecule has 1 rings (SSSR count). The molecule has 0 amide bonds. The minimum Gasteiger partial charge on any atom is -0.465 e. The zero-order valence-electron chi connectivity index (χ0n) is 35.3. The van der Waals surface area contributed by atoms with Gasteiger partial charge >= 0.3 is 17.9 Å². The Morgan fingerprint density at radius 1 is 0.481 bits per heavy atom. The largest absolute Gasteiger partial charge is 0.465 e. The van der Waals surface area contributed by atoms with Crippen molar-refractivity contribution in [2.75, 3.05) is 19.8 Å². The maximum atomic E-state index is 13.0. The zero-order chi connectivity index (χ0) is 39.2. The fourth-order valence-corrected chi connectivity index (χ4v) is 6.78. The Kier molecular flexibility index (Phi) is 33.0. The van der Waals surface area contributed by atoms with Gasteiger partial charge in [0.1, 0.15) is 19.8 Å². The van der Waals surface area contributed by atoms with Crippen LogP contribution in [0.25, 0.3) is 0 Å². The number of hydrogen-bond acceptors (Lipinski definition) is 6. The SMILES string of the molecule is CCCCC/C=C\C/C=C\CCCCCCCC(=O)OCC(COC(=O)CCCCCCC/C=C\C/C=C\CCCCC)COC(=O)C1(C)CCCCC1. The second-order valence-electron chi connectivity index (χ2n) is 15.9. The molecule has 1 fully saturated rings. The van der Waals surface area contributed by atoms with E-state index in [4.69, 9.17) is 14.2 Å². The van der Waals surface area contributed by atoms with Crippen molar-refractivity contribution in [1.29, 1.82) is 0 Å². The third kappa shape index (κ3) is 29.7. The molecule has 0 aromatic carbocycles. The van der Waals surface area contributed by atoms with Crippen LogP contribution in [0.2, 0.25) is 0 Å². The van der Waals surface area contributed by atoms with Crippen molar-refractivity contribution >= 4 is 17.9 Å². The fraction of sp³-hybridized carbons (Fsp3) is 0.771. The van der Waals surface area contributed by atoms with E-state index in [1.54, 1.807) is 0 Å². The molecule has 1 aliphatic rings. The van der Waals surface area contributed by atoms with Crippen molar-refractivity contribution in [2.45, 2.75) is 207 Å². The first-order valence-corrected chi connectivity index (χ1v) is 22.5. The molecule has 0 aromatic rings. The molecule has 0 radical (unpaired) electrons. The van der Waals surface area contributed by atoms with E-state index in [9.17, 15) is 14.4 Å². The van der Waals surface area contributed by atoms with E-state index in [-0.39, 0.29) is 43.6 Å². The molecule has 1 saturated carbocycles. The maximum absolute atomic E-state index is 13.0. The fourth-order valence-electron chi connectivity index (χ4n) is 6.78. The Morgan fingerprint density at radius 2 is 0.852 bits per heavy atom. The van der Waals surface area contributed by atoms with Crippen LogP contribution < -0.4 is 0 Å². The summed E-state index contributed by atoms with van der Waals surface area (Å²) < 4.78 is 17.0. The Hall–Kier alpha value is -2.63. The molecule has 0 saturated heterocycles. The van der Waals surface area contributed by atoms with Gasteiger partial charge in [-0.1, -0.05) is 146 Å². The van der Waals surface area contributed by atoms with Gasteiger partial charge in [0.2, 0.25) is 0 Å². The van der Waals surface area contributed by atoms with Gasteiger partial charge in [-0.3, -0.25) is 14.4 Å². The van der Waals surface area contributed by atoms with Gasteiger partial charge in [0.15, 0.2) is 0 Å². The summed E-state index contributed by atoms with van der Waals surface area (Å²) >= 11 is 0. The topological polar surface area (TPSA) is 78.9 Å². The molecule has 0 atom stereocenters. The van der Waals surface area contributed by atoms with Gasteiger partial charge in [-0.2, -0.15) is 0 Å². The number of allylic oxidation sites excluding steroid dienone is 8. The molecule has 54 heavy (non-hydrogen) atoms. The van der Waals surface area contributed by atoms with Gasteiger partial charge in [-0.25, -0.2) is 0 Å². The Balaban J connectivity index is 2.28. The molecular weight excluding hydrogens is 673 g/mol. The Bertz CT molecular complexity index is 972. The van der Waals surface area contributed by atoms with Gasteiger partial charge in [0, 0.05) is 12.8 Å². The minimum atomic E-state index is -0.460.